The predicted octanol–water partition coefficient (Wildman–Crippen LogP) is 8.36. The lowest BCUT2D eigenvalue weighted by molar-refractivity contribution is -0.121. The fourth-order valence-electron chi connectivity index (χ4n) is 5.21. The monoisotopic (exact) mass is 616 g/mol. The summed E-state index contributed by atoms with van der Waals surface area (Å²) in [6.45, 7) is 4.36. The molecular formula is C37H29ClN2O5. The van der Waals surface area contributed by atoms with Gasteiger partial charge >= 0.3 is 6.03 Å². The van der Waals surface area contributed by atoms with Crippen molar-refractivity contribution < 1.29 is 23.9 Å². The van der Waals surface area contributed by atoms with Gasteiger partial charge in [-0.2, -0.15) is 0 Å². The quantitative estimate of drug-likeness (QED) is 0.129. The maximum Gasteiger partial charge on any atom is 0.343 e. The van der Waals surface area contributed by atoms with Gasteiger partial charge in [-0.15, -0.1) is 0 Å². The van der Waals surface area contributed by atoms with Crippen LogP contribution >= 0.6 is 11.6 Å². The summed E-state index contributed by atoms with van der Waals surface area (Å²) in [7, 11) is 0. The zero-order valence-corrected chi connectivity index (χ0v) is 25.5. The molecule has 0 saturated carbocycles. The van der Waals surface area contributed by atoms with Crippen molar-refractivity contribution in [2.24, 2.45) is 0 Å². The maximum absolute atomic E-state index is 14.1. The molecule has 0 aromatic heterocycles. The van der Waals surface area contributed by atoms with Gasteiger partial charge in [-0.05, 0) is 67.3 Å². The van der Waals surface area contributed by atoms with Gasteiger partial charge in [-0.3, -0.25) is 9.59 Å². The van der Waals surface area contributed by atoms with E-state index in [0.717, 1.165) is 26.3 Å². The smallest absolute Gasteiger partial charge is 0.343 e. The van der Waals surface area contributed by atoms with Crippen molar-refractivity contribution in [3.8, 4) is 11.5 Å². The lowest BCUT2D eigenvalue weighted by atomic mass is 10.0. The Balaban J connectivity index is 1.42. The van der Waals surface area contributed by atoms with Crippen LogP contribution in [-0.2, 0) is 16.2 Å². The van der Waals surface area contributed by atoms with Crippen LogP contribution in [0.5, 0.6) is 11.5 Å². The number of amides is 4. The Hall–Kier alpha value is -5.40. The molecule has 5 aromatic rings. The van der Waals surface area contributed by atoms with E-state index >= 15 is 0 Å². The molecule has 1 saturated heterocycles. The van der Waals surface area contributed by atoms with E-state index in [1.165, 1.54) is 6.08 Å². The predicted molar refractivity (Wildman–Crippen MR) is 177 cm³/mol. The molecule has 0 unspecified atom stereocenters. The highest BCUT2D eigenvalue weighted by Crippen LogP contribution is 2.35. The summed E-state index contributed by atoms with van der Waals surface area (Å²) in [5.41, 5.74) is 2.88. The number of rotatable bonds is 8. The standard InChI is InChI=1S/C37H29ClN2O5/c1-3-44-34-22-25(17-20-33(34)45-23-27-10-5-7-13-31(27)38)21-30-35(41)39(28-18-15-24(2)16-19-28)37(43)40(36(30)42)32-14-8-11-26-9-4-6-12-29(26)32/h4-22H,3,23H2,1-2H3/b30-21+. The number of fused-ring (bicyclic) bond motifs is 1. The van der Waals surface area contributed by atoms with Gasteiger partial charge in [0.1, 0.15) is 12.2 Å². The second-order valence-electron chi connectivity index (χ2n) is 10.5. The average Bonchev–Trinajstić information content (AvgIpc) is 3.04. The van der Waals surface area contributed by atoms with Gasteiger partial charge in [0.25, 0.3) is 11.8 Å². The van der Waals surface area contributed by atoms with Gasteiger partial charge in [0.05, 0.1) is 18.0 Å². The Morgan fingerprint density at radius 2 is 1.44 bits per heavy atom. The average molecular weight is 617 g/mol. The summed E-state index contributed by atoms with van der Waals surface area (Å²) in [5.74, 6) is -0.523. The van der Waals surface area contributed by atoms with Crippen molar-refractivity contribution in [1.82, 2.24) is 0 Å². The summed E-state index contributed by atoms with van der Waals surface area (Å²) in [4.78, 5) is 44.2. The molecule has 7 nitrogen and oxygen atoms in total. The molecule has 0 radical (unpaired) electrons. The molecule has 0 spiro atoms. The largest absolute Gasteiger partial charge is 0.490 e. The van der Waals surface area contributed by atoms with E-state index in [-0.39, 0.29) is 12.2 Å². The first-order chi connectivity index (χ1) is 21.9. The Morgan fingerprint density at radius 3 is 2.22 bits per heavy atom. The van der Waals surface area contributed by atoms with Gasteiger partial charge in [-0.1, -0.05) is 90.0 Å². The second kappa shape index (κ2) is 12.7. The molecule has 4 amide bonds. The summed E-state index contributed by atoms with van der Waals surface area (Å²) in [5, 5.41) is 2.15. The molecule has 45 heavy (non-hydrogen) atoms. The van der Waals surface area contributed by atoms with Crippen LogP contribution in [0.4, 0.5) is 16.2 Å². The molecule has 224 valence electrons. The number of aryl methyl sites for hydroxylation is 1. The number of urea groups is 1. The third-order valence-corrected chi connectivity index (χ3v) is 7.84. The molecule has 0 atom stereocenters. The zero-order valence-electron chi connectivity index (χ0n) is 24.7. The summed E-state index contributed by atoms with van der Waals surface area (Å²) < 4.78 is 11.9. The van der Waals surface area contributed by atoms with E-state index in [0.29, 0.717) is 45.5 Å². The fourth-order valence-corrected chi connectivity index (χ4v) is 5.40. The number of halogens is 1. The molecule has 0 aliphatic carbocycles. The van der Waals surface area contributed by atoms with Gasteiger partial charge in [-0.25, -0.2) is 14.6 Å². The molecule has 1 heterocycles. The summed E-state index contributed by atoms with van der Waals surface area (Å²) in [6.07, 6.45) is 1.48. The van der Waals surface area contributed by atoms with E-state index in [9.17, 15) is 14.4 Å². The number of anilines is 2. The molecular weight excluding hydrogens is 588 g/mol. The number of nitrogens with zero attached hydrogens (tertiary/aromatic N) is 2. The van der Waals surface area contributed by atoms with Crippen LogP contribution in [-0.4, -0.2) is 24.5 Å². The number of ether oxygens (including phenoxy) is 2. The first-order valence-electron chi connectivity index (χ1n) is 14.5. The fraction of sp³-hybridized carbons (Fsp3) is 0.108. The topological polar surface area (TPSA) is 76.2 Å². The Labute approximate surface area is 265 Å². The minimum absolute atomic E-state index is 0.171. The number of carbonyl (C=O) groups excluding carboxylic acids is 3. The van der Waals surface area contributed by atoms with Gasteiger partial charge in [0.2, 0.25) is 0 Å². The molecule has 0 bridgehead atoms. The number of hydrogen-bond donors (Lipinski definition) is 0. The highest BCUT2D eigenvalue weighted by Gasteiger charge is 2.44. The maximum atomic E-state index is 14.1. The van der Waals surface area contributed by atoms with Crippen LogP contribution in [0.1, 0.15) is 23.6 Å². The minimum atomic E-state index is -0.749. The van der Waals surface area contributed by atoms with Gasteiger partial charge < -0.3 is 9.47 Å². The molecule has 0 N–H and O–H groups in total. The van der Waals surface area contributed by atoms with Crippen LogP contribution in [0.2, 0.25) is 5.02 Å². The van der Waals surface area contributed by atoms with E-state index in [4.69, 9.17) is 21.1 Å². The van der Waals surface area contributed by atoms with Gasteiger partial charge in [0, 0.05) is 16.0 Å². The second-order valence-corrected chi connectivity index (χ2v) is 10.9. The number of imide groups is 2. The van der Waals surface area contributed by atoms with Crippen LogP contribution in [0.3, 0.4) is 0 Å². The highest BCUT2D eigenvalue weighted by atomic mass is 35.5. The van der Waals surface area contributed by atoms with Crippen molar-refractivity contribution in [2.45, 2.75) is 20.5 Å². The third kappa shape index (κ3) is 5.90. The highest BCUT2D eigenvalue weighted by molar-refractivity contribution is 6.46. The lowest BCUT2D eigenvalue weighted by Gasteiger charge is -2.34. The van der Waals surface area contributed by atoms with Crippen LogP contribution < -0.4 is 19.3 Å². The molecule has 1 aliphatic heterocycles. The van der Waals surface area contributed by atoms with E-state index in [1.807, 2.05) is 74.5 Å². The molecule has 5 aromatic carbocycles. The van der Waals surface area contributed by atoms with E-state index in [1.54, 1.807) is 48.5 Å². The van der Waals surface area contributed by atoms with Gasteiger partial charge in [0.15, 0.2) is 11.5 Å². The SMILES string of the molecule is CCOc1cc(/C=C2\C(=O)N(c3ccc(C)cc3)C(=O)N(c3cccc4ccccc34)C2=O)ccc1OCc1ccccc1Cl. The van der Waals surface area contributed by atoms with Crippen molar-refractivity contribution in [3.63, 3.8) is 0 Å². The first kappa shape index (κ1) is 29.7. The molecule has 8 heteroatoms. The number of carbonyl (C=O) groups is 3. The minimum Gasteiger partial charge on any atom is -0.490 e. The van der Waals surface area contributed by atoms with Crippen molar-refractivity contribution in [2.75, 3.05) is 16.4 Å². The number of benzene rings is 5. The number of barbiturate groups is 1. The summed E-state index contributed by atoms with van der Waals surface area (Å²) >= 11 is 6.30. The van der Waals surface area contributed by atoms with E-state index < -0.39 is 17.8 Å². The molecule has 6 rings (SSSR count). The lowest BCUT2D eigenvalue weighted by Crippen LogP contribution is -2.57. The van der Waals surface area contributed by atoms with Crippen molar-refractivity contribution in [3.05, 3.63) is 136 Å². The summed E-state index contributed by atoms with van der Waals surface area (Å²) in [6, 6.07) is 31.7. The van der Waals surface area contributed by atoms with Crippen molar-refractivity contribution >= 4 is 57.7 Å². The first-order valence-corrected chi connectivity index (χ1v) is 14.9. The normalized spacial score (nSPS) is 14.4. The number of hydrogen-bond acceptors (Lipinski definition) is 5. The Kier molecular flexibility index (Phi) is 8.36. The Morgan fingerprint density at radius 1 is 0.733 bits per heavy atom. The zero-order chi connectivity index (χ0) is 31.5. The molecule has 1 aliphatic rings. The van der Waals surface area contributed by atoms with Crippen LogP contribution in [0, 0.1) is 6.92 Å². The van der Waals surface area contributed by atoms with Crippen LogP contribution in [0.25, 0.3) is 16.8 Å². The Bertz CT molecular complexity index is 1960. The third-order valence-electron chi connectivity index (χ3n) is 7.47. The van der Waals surface area contributed by atoms with Crippen LogP contribution in [0.15, 0.2) is 115 Å². The molecule has 1 fully saturated rings. The van der Waals surface area contributed by atoms with Crippen molar-refractivity contribution in [1.29, 1.82) is 0 Å². The van der Waals surface area contributed by atoms with E-state index in [2.05, 4.69) is 0 Å².